The Morgan fingerprint density at radius 1 is 1.25 bits per heavy atom. The van der Waals surface area contributed by atoms with Gasteiger partial charge in [-0.15, -0.1) is 0 Å². The van der Waals surface area contributed by atoms with Gasteiger partial charge in [-0.1, -0.05) is 28.1 Å². The van der Waals surface area contributed by atoms with Crippen LogP contribution in [0.2, 0.25) is 0 Å². The predicted octanol–water partition coefficient (Wildman–Crippen LogP) is 3.86. The van der Waals surface area contributed by atoms with Crippen molar-refractivity contribution in [1.82, 2.24) is 15.3 Å². The van der Waals surface area contributed by atoms with E-state index in [4.69, 9.17) is 4.74 Å². The van der Waals surface area contributed by atoms with E-state index in [2.05, 4.69) is 36.5 Å². The first-order chi connectivity index (χ1) is 15.5. The van der Waals surface area contributed by atoms with Crippen molar-refractivity contribution in [2.75, 3.05) is 28.7 Å². The van der Waals surface area contributed by atoms with Crippen molar-refractivity contribution in [3.8, 4) is 11.3 Å². The first kappa shape index (κ1) is 22.4. The summed E-state index contributed by atoms with van der Waals surface area (Å²) in [5.74, 6) is -0.180. The van der Waals surface area contributed by atoms with Crippen LogP contribution in [0.3, 0.4) is 0 Å². The molecule has 10 heteroatoms. The van der Waals surface area contributed by atoms with Crippen molar-refractivity contribution in [1.29, 1.82) is 0 Å². The van der Waals surface area contributed by atoms with Crippen molar-refractivity contribution >= 4 is 39.6 Å². The molecule has 0 spiro atoms. The molecule has 2 aliphatic rings. The summed E-state index contributed by atoms with van der Waals surface area (Å²) >= 11 is 3.16. The second kappa shape index (κ2) is 10.2. The van der Waals surface area contributed by atoms with Gasteiger partial charge in [-0.2, -0.15) is 0 Å². The molecule has 1 aromatic heterocycles. The molecule has 2 N–H and O–H groups in total. The lowest BCUT2D eigenvalue weighted by molar-refractivity contribution is -0.119. The quantitative estimate of drug-likeness (QED) is 0.578. The van der Waals surface area contributed by atoms with E-state index < -0.39 is 11.9 Å². The summed E-state index contributed by atoms with van der Waals surface area (Å²) in [5, 5.41) is 6.59. The number of carbonyl (C=O) groups excluding carboxylic acids is 2. The maximum Gasteiger partial charge on any atom is 0.414 e. The molecule has 0 atom stereocenters. The lowest BCUT2D eigenvalue weighted by Gasteiger charge is -2.29. The van der Waals surface area contributed by atoms with Crippen LogP contribution < -0.4 is 15.5 Å². The van der Waals surface area contributed by atoms with Crippen LogP contribution in [0.15, 0.2) is 30.5 Å². The number of carbonyl (C=O) groups is 2. The van der Waals surface area contributed by atoms with Gasteiger partial charge in [0, 0.05) is 29.9 Å². The zero-order chi connectivity index (χ0) is 22.5. The standard InChI is InChI=1S/C22H25BrFN5O3/c23-12-19(30)26-15-5-7-16(8-6-15)27-21-25-13-18(24)20(28-21)14-3-1-4-17(11-14)29-9-2-10-32-22(29)31/h1,3-4,11,13,15-16H,2,5-10,12H2,(H,26,30)(H,25,27,28). The van der Waals surface area contributed by atoms with Crippen LogP contribution in [-0.2, 0) is 9.53 Å². The van der Waals surface area contributed by atoms with Crippen LogP contribution >= 0.6 is 15.9 Å². The largest absolute Gasteiger partial charge is 0.449 e. The first-order valence-corrected chi connectivity index (χ1v) is 11.8. The van der Waals surface area contributed by atoms with Crippen LogP contribution in [0.4, 0.5) is 20.8 Å². The SMILES string of the molecule is O=C(CBr)NC1CCC(Nc2ncc(F)c(-c3cccc(N4CCCOC4=O)c3)n2)CC1. The van der Waals surface area contributed by atoms with E-state index in [1.54, 1.807) is 24.3 Å². The number of alkyl halides is 1. The normalized spacial score (nSPS) is 21.1. The third kappa shape index (κ3) is 5.35. The predicted molar refractivity (Wildman–Crippen MR) is 122 cm³/mol. The van der Waals surface area contributed by atoms with Gasteiger partial charge in [-0.05, 0) is 44.2 Å². The Hall–Kier alpha value is -2.75. The summed E-state index contributed by atoms with van der Waals surface area (Å²) in [6.07, 6.45) is 4.94. The third-order valence-electron chi connectivity index (χ3n) is 5.69. The molecule has 32 heavy (non-hydrogen) atoms. The van der Waals surface area contributed by atoms with Crippen molar-refractivity contribution in [3.63, 3.8) is 0 Å². The fourth-order valence-electron chi connectivity index (χ4n) is 4.08. The van der Waals surface area contributed by atoms with E-state index in [1.165, 1.54) is 4.90 Å². The molecule has 2 amide bonds. The van der Waals surface area contributed by atoms with E-state index in [9.17, 15) is 14.0 Å². The fourth-order valence-corrected chi connectivity index (χ4v) is 4.24. The number of cyclic esters (lactones) is 1. The second-order valence-corrected chi connectivity index (χ2v) is 8.51. The van der Waals surface area contributed by atoms with Gasteiger partial charge in [0.2, 0.25) is 11.9 Å². The van der Waals surface area contributed by atoms with E-state index >= 15 is 0 Å². The maximum absolute atomic E-state index is 14.6. The second-order valence-electron chi connectivity index (χ2n) is 7.95. The Kier molecular flexibility index (Phi) is 7.19. The smallest absolute Gasteiger partial charge is 0.414 e. The average molecular weight is 506 g/mol. The Morgan fingerprint density at radius 2 is 2.03 bits per heavy atom. The summed E-state index contributed by atoms with van der Waals surface area (Å²) < 4.78 is 19.7. The Labute approximate surface area is 194 Å². The molecular formula is C22H25BrFN5O3. The van der Waals surface area contributed by atoms with E-state index in [1.807, 2.05) is 0 Å². The zero-order valence-corrected chi connectivity index (χ0v) is 19.1. The van der Waals surface area contributed by atoms with E-state index in [0.29, 0.717) is 35.7 Å². The lowest BCUT2D eigenvalue weighted by atomic mass is 9.91. The molecule has 2 aromatic rings. The van der Waals surface area contributed by atoms with Gasteiger partial charge in [-0.3, -0.25) is 9.69 Å². The number of hydrogen-bond donors (Lipinski definition) is 2. The minimum Gasteiger partial charge on any atom is -0.449 e. The monoisotopic (exact) mass is 505 g/mol. The lowest BCUT2D eigenvalue weighted by Crippen LogP contribution is -2.40. The molecule has 4 rings (SSSR count). The molecular weight excluding hydrogens is 481 g/mol. The van der Waals surface area contributed by atoms with Gasteiger partial charge in [0.25, 0.3) is 0 Å². The highest BCUT2D eigenvalue weighted by Crippen LogP contribution is 2.28. The van der Waals surface area contributed by atoms with Crippen LogP contribution in [0, 0.1) is 5.82 Å². The maximum atomic E-state index is 14.6. The number of rotatable bonds is 6. The van der Waals surface area contributed by atoms with Gasteiger partial charge < -0.3 is 15.4 Å². The van der Waals surface area contributed by atoms with Crippen LogP contribution in [-0.4, -0.2) is 52.5 Å². The number of anilines is 2. The summed E-state index contributed by atoms with van der Waals surface area (Å²) in [5.41, 5.74) is 1.38. The zero-order valence-electron chi connectivity index (χ0n) is 17.5. The Morgan fingerprint density at radius 3 is 2.78 bits per heavy atom. The number of amides is 2. The molecule has 2 fully saturated rings. The van der Waals surface area contributed by atoms with Crippen LogP contribution in [0.5, 0.6) is 0 Å². The summed E-state index contributed by atoms with van der Waals surface area (Å²) in [7, 11) is 0. The highest BCUT2D eigenvalue weighted by Gasteiger charge is 2.24. The van der Waals surface area contributed by atoms with Gasteiger partial charge in [0.15, 0.2) is 5.82 Å². The topological polar surface area (TPSA) is 96.5 Å². The van der Waals surface area contributed by atoms with Crippen LogP contribution in [0.25, 0.3) is 11.3 Å². The van der Waals surface area contributed by atoms with Crippen molar-refractivity contribution < 1.29 is 18.7 Å². The van der Waals surface area contributed by atoms with Gasteiger partial charge in [0.05, 0.1) is 18.1 Å². The number of nitrogens with zero attached hydrogens (tertiary/aromatic N) is 3. The Bertz CT molecular complexity index is 984. The molecule has 0 bridgehead atoms. The molecule has 1 aliphatic carbocycles. The van der Waals surface area contributed by atoms with Gasteiger partial charge in [0.1, 0.15) is 5.69 Å². The van der Waals surface area contributed by atoms with Gasteiger partial charge >= 0.3 is 6.09 Å². The molecule has 8 nitrogen and oxygen atoms in total. The summed E-state index contributed by atoms with van der Waals surface area (Å²) in [6.45, 7) is 0.968. The number of nitrogens with one attached hydrogen (secondary N) is 2. The van der Waals surface area contributed by atoms with Crippen molar-refractivity contribution in [2.45, 2.75) is 44.2 Å². The first-order valence-electron chi connectivity index (χ1n) is 10.7. The fraction of sp³-hybridized carbons (Fsp3) is 0.455. The molecule has 2 heterocycles. The molecule has 1 aliphatic heterocycles. The molecule has 1 saturated heterocycles. The van der Waals surface area contributed by atoms with Gasteiger partial charge in [-0.25, -0.2) is 19.2 Å². The highest BCUT2D eigenvalue weighted by atomic mass is 79.9. The summed E-state index contributed by atoms with van der Waals surface area (Å²) in [4.78, 5) is 33.7. The highest BCUT2D eigenvalue weighted by molar-refractivity contribution is 9.09. The number of ether oxygens (including phenoxy) is 1. The van der Waals surface area contributed by atoms with Crippen LogP contribution in [0.1, 0.15) is 32.1 Å². The molecule has 1 saturated carbocycles. The van der Waals surface area contributed by atoms with Crippen molar-refractivity contribution in [3.05, 3.63) is 36.3 Å². The van der Waals surface area contributed by atoms with Crippen molar-refractivity contribution in [2.24, 2.45) is 0 Å². The molecule has 0 radical (unpaired) electrons. The number of halogens is 2. The molecule has 0 unspecified atom stereocenters. The summed E-state index contributed by atoms with van der Waals surface area (Å²) in [6, 6.07) is 7.38. The number of aromatic nitrogens is 2. The third-order valence-corrected chi connectivity index (χ3v) is 6.20. The minimum absolute atomic E-state index is 0.00651. The molecule has 170 valence electrons. The minimum atomic E-state index is -0.532. The van der Waals surface area contributed by atoms with E-state index in [-0.39, 0.29) is 23.7 Å². The number of hydrogen-bond acceptors (Lipinski definition) is 6. The average Bonchev–Trinajstić information content (AvgIpc) is 2.82. The Balaban J connectivity index is 1.45. The number of benzene rings is 1. The van der Waals surface area contributed by atoms with E-state index in [0.717, 1.165) is 38.3 Å². The molecule has 1 aromatic carbocycles.